The second-order valence-corrected chi connectivity index (χ2v) is 7.07. The Balaban J connectivity index is 1.38. The molecule has 3 heterocycles. The first-order valence-electron chi connectivity index (χ1n) is 9.41. The van der Waals surface area contributed by atoms with Crippen LogP contribution in [0.5, 0.6) is 0 Å². The lowest BCUT2D eigenvalue weighted by Gasteiger charge is -2.36. The number of carbonyl (C=O) groups is 2. The minimum atomic E-state index is -0.334. The van der Waals surface area contributed by atoms with E-state index in [0.29, 0.717) is 30.9 Å². The topological polar surface area (TPSA) is 80.5 Å². The number of pyridine rings is 1. The fourth-order valence-corrected chi connectivity index (χ4v) is 3.82. The molecule has 0 bridgehead atoms. The highest BCUT2D eigenvalue weighted by molar-refractivity contribution is 6.00. The third-order valence-corrected chi connectivity index (χ3v) is 5.33. The van der Waals surface area contributed by atoms with Crippen LogP contribution in [0, 0.1) is 17.2 Å². The fourth-order valence-electron chi connectivity index (χ4n) is 3.82. The van der Waals surface area contributed by atoms with E-state index in [4.69, 9.17) is 5.26 Å². The highest BCUT2D eigenvalue weighted by Gasteiger charge is 2.38. The Kier molecular flexibility index (Phi) is 4.94. The molecule has 1 aromatic heterocycles. The van der Waals surface area contributed by atoms with Crippen LogP contribution >= 0.6 is 0 Å². The highest BCUT2D eigenvalue weighted by Crippen LogP contribution is 2.27. The molecule has 0 saturated carbocycles. The van der Waals surface area contributed by atoms with Crippen molar-refractivity contribution in [2.45, 2.75) is 6.42 Å². The molecule has 2 fully saturated rings. The van der Waals surface area contributed by atoms with Gasteiger partial charge in [0.05, 0.1) is 17.6 Å². The standard InChI is InChI=1S/C21H21N5O2/c22-14-16-4-3-5-18(12-16)26-15-17(13-20(26)27)21(28)25-10-8-24(9-11-25)19-6-1-2-7-23-19/h1-7,12,17H,8-11,13,15H2. The number of hydrogen-bond donors (Lipinski definition) is 0. The number of benzene rings is 1. The van der Waals surface area contributed by atoms with Crippen LogP contribution in [0.1, 0.15) is 12.0 Å². The molecule has 2 aromatic rings. The summed E-state index contributed by atoms with van der Waals surface area (Å²) in [5, 5.41) is 9.06. The number of hydrogen-bond acceptors (Lipinski definition) is 5. The smallest absolute Gasteiger partial charge is 0.228 e. The van der Waals surface area contributed by atoms with Crippen LogP contribution in [-0.2, 0) is 9.59 Å². The molecule has 2 amide bonds. The maximum absolute atomic E-state index is 12.9. The summed E-state index contributed by atoms with van der Waals surface area (Å²) >= 11 is 0. The normalized spacial score (nSPS) is 19.6. The Labute approximate surface area is 163 Å². The van der Waals surface area contributed by atoms with E-state index in [0.717, 1.165) is 18.9 Å². The molecule has 2 saturated heterocycles. The number of anilines is 2. The van der Waals surface area contributed by atoms with Gasteiger partial charge < -0.3 is 14.7 Å². The predicted octanol–water partition coefficient (Wildman–Crippen LogP) is 1.65. The summed E-state index contributed by atoms with van der Waals surface area (Å²) in [6, 6.07) is 14.9. The number of nitrogens with zero attached hydrogens (tertiary/aromatic N) is 5. The van der Waals surface area contributed by atoms with Gasteiger partial charge in [-0.15, -0.1) is 0 Å². The number of piperazine rings is 1. The lowest BCUT2D eigenvalue weighted by Crippen LogP contribution is -2.51. The molecular formula is C21H21N5O2. The number of rotatable bonds is 3. The molecule has 0 N–H and O–H groups in total. The van der Waals surface area contributed by atoms with E-state index in [9.17, 15) is 9.59 Å². The van der Waals surface area contributed by atoms with Crippen molar-refractivity contribution in [1.82, 2.24) is 9.88 Å². The van der Waals surface area contributed by atoms with E-state index in [-0.39, 0.29) is 24.2 Å². The van der Waals surface area contributed by atoms with Crippen molar-refractivity contribution >= 4 is 23.3 Å². The van der Waals surface area contributed by atoms with E-state index in [1.54, 1.807) is 35.4 Å². The van der Waals surface area contributed by atoms with Crippen LogP contribution in [0.2, 0.25) is 0 Å². The van der Waals surface area contributed by atoms with Gasteiger partial charge >= 0.3 is 0 Å². The average molecular weight is 375 g/mol. The van der Waals surface area contributed by atoms with Crippen LogP contribution in [0.15, 0.2) is 48.7 Å². The van der Waals surface area contributed by atoms with Crippen LogP contribution < -0.4 is 9.80 Å². The lowest BCUT2D eigenvalue weighted by atomic mass is 10.1. The second kappa shape index (κ2) is 7.69. The largest absolute Gasteiger partial charge is 0.353 e. The van der Waals surface area contributed by atoms with Crippen molar-refractivity contribution in [2.24, 2.45) is 5.92 Å². The van der Waals surface area contributed by atoms with E-state index >= 15 is 0 Å². The molecular weight excluding hydrogens is 354 g/mol. The van der Waals surface area contributed by atoms with Gasteiger partial charge in [-0.25, -0.2) is 4.98 Å². The average Bonchev–Trinajstić information content (AvgIpc) is 3.15. The van der Waals surface area contributed by atoms with Crippen molar-refractivity contribution in [1.29, 1.82) is 5.26 Å². The zero-order valence-electron chi connectivity index (χ0n) is 15.5. The third-order valence-electron chi connectivity index (χ3n) is 5.33. The number of nitriles is 1. The molecule has 4 rings (SSSR count). The Morgan fingerprint density at radius 1 is 1.11 bits per heavy atom. The quantitative estimate of drug-likeness (QED) is 0.815. The van der Waals surface area contributed by atoms with E-state index in [1.807, 2.05) is 23.1 Å². The predicted molar refractivity (Wildman–Crippen MR) is 105 cm³/mol. The molecule has 7 heteroatoms. The lowest BCUT2D eigenvalue weighted by molar-refractivity contribution is -0.136. The molecule has 2 aliphatic heterocycles. The van der Waals surface area contributed by atoms with Gasteiger partial charge in [-0.3, -0.25) is 9.59 Å². The molecule has 1 atom stereocenters. The van der Waals surface area contributed by atoms with Crippen LogP contribution in [0.25, 0.3) is 0 Å². The molecule has 0 aliphatic carbocycles. The summed E-state index contributed by atoms with van der Waals surface area (Å²) in [6.45, 7) is 3.09. The molecule has 0 spiro atoms. The number of amides is 2. The minimum absolute atomic E-state index is 0.0351. The second-order valence-electron chi connectivity index (χ2n) is 7.07. The van der Waals surface area contributed by atoms with Crippen LogP contribution in [0.3, 0.4) is 0 Å². The summed E-state index contributed by atoms with van der Waals surface area (Å²) in [5.41, 5.74) is 1.19. The third kappa shape index (κ3) is 3.54. The molecule has 7 nitrogen and oxygen atoms in total. The van der Waals surface area contributed by atoms with Crippen molar-refractivity contribution < 1.29 is 9.59 Å². The van der Waals surface area contributed by atoms with Gasteiger partial charge in [0.1, 0.15) is 5.82 Å². The summed E-state index contributed by atoms with van der Waals surface area (Å²) in [4.78, 5) is 35.4. The molecule has 142 valence electrons. The maximum Gasteiger partial charge on any atom is 0.228 e. The van der Waals surface area contributed by atoms with Crippen LogP contribution in [0.4, 0.5) is 11.5 Å². The minimum Gasteiger partial charge on any atom is -0.353 e. The zero-order chi connectivity index (χ0) is 19.5. The Bertz CT molecular complexity index is 916. The van der Waals surface area contributed by atoms with Crippen molar-refractivity contribution in [3.8, 4) is 6.07 Å². The van der Waals surface area contributed by atoms with Gasteiger partial charge in [-0.05, 0) is 30.3 Å². The maximum atomic E-state index is 12.9. The first-order chi connectivity index (χ1) is 13.7. The van der Waals surface area contributed by atoms with Gasteiger partial charge in [-0.2, -0.15) is 5.26 Å². The van der Waals surface area contributed by atoms with Crippen LogP contribution in [-0.4, -0.2) is 54.4 Å². The van der Waals surface area contributed by atoms with Gasteiger partial charge in [0.15, 0.2) is 0 Å². The molecule has 1 aromatic carbocycles. The number of carbonyl (C=O) groups excluding carboxylic acids is 2. The monoisotopic (exact) mass is 375 g/mol. The van der Waals surface area contributed by atoms with Crippen molar-refractivity contribution in [3.63, 3.8) is 0 Å². The Hall–Kier alpha value is -3.40. The molecule has 1 unspecified atom stereocenters. The molecule has 0 radical (unpaired) electrons. The number of aromatic nitrogens is 1. The summed E-state index contributed by atoms with van der Waals surface area (Å²) in [6.07, 6.45) is 1.99. The fraction of sp³-hybridized carbons (Fsp3) is 0.333. The van der Waals surface area contributed by atoms with Gasteiger partial charge in [0, 0.05) is 51.0 Å². The SMILES string of the molecule is N#Cc1cccc(N2CC(C(=O)N3CCN(c4ccccn4)CC3)CC2=O)c1. The first kappa shape index (κ1) is 18.0. The Morgan fingerprint density at radius 3 is 2.64 bits per heavy atom. The zero-order valence-corrected chi connectivity index (χ0v) is 15.5. The first-order valence-corrected chi connectivity index (χ1v) is 9.41. The van der Waals surface area contributed by atoms with Gasteiger partial charge in [0.25, 0.3) is 0 Å². The summed E-state index contributed by atoms with van der Waals surface area (Å²) in [5.74, 6) is 0.558. The van der Waals surface area contributed by atoms with Crippen molar-refractivity contribution in [3.05, 3.63) is 54.2 Å². The van der Waals surface area contributed by atoms with E-state index < -0.39 is 0 Å². The molecule has 28 heavy (non-hydrogen) atoms. The van der Waals surface area contributed by atoms with E-state index in [2.05, 4.69) is 16.0 Å². The Morgan fingerprint density at radius 2 is 1.93 bits per heavy atom. The van der Waals surface area contributed by atoms with E-state index in [1.165, 1.54) is 0 Å². The molecule has 2 aliphatic rings. The van der Waals surface area contributed by atoms with Crippen molar-refractivity contribution in [2.75, 3.05) is 42.5 Å². The van der Waals surface area contributed by atoms with Gasteiger partial charge in [0.2, 0.25) is 11.8 Å². The summed E-state index contributed by atoms with van der Waals surface area (Å²) in [7, 11) is 0. The van der Waals surface area contributed by atoms with Gasteiger partial charge in [-0.1, -0.05) is 12.1 Å². The summed E-state index contributed by atoms with van der Waals surface area (Å²) < 4.78 is 0. The highest BCUT2D eigenvalue weighted by atomic mass is 16.2.